The number of nitrogens with one attached hydrogen (secondary N) is 1. The van der Waals surface area contributed by atoms with Crippen LogP contribution in [0.2, 0.25) is 0 Å². The molecule has 1 N–H and O–H groups in total. The Kier molecular flexibility index (Phi) is 5.42. The molecule has 5 heteroatoms. The smallest absolute Gasteiger partial charge is 0.119 e. The number of thiophene rings is 1. The van der Waals surface area contributed by atoms with E-state index in [-0.39, 0.29) is 0 Å². The average molecular weight is 288 g/mol. The van der Waals surface area contributed by atoms with Crippen LogP contribution in [0.25, 0.3) is 0 Å². The van der Waals surface area contributed by atoms with Crippen molar-refractivity contribution >= 4 is 17.0 Å². The molecule has 0 atom stereocenters. The van der Waals surface area contributed by atoms with Gasteiger partial charge in [-0.05, 0) is 30.3 Å². The second-order valence-electron chi connectivity index (χ2n) is 4.13. The number of hydrogen-bond acceptors (Lipinski definition) is 5. The third-order valence-corrected chi connectivity index (χ3v) is 3.60. The summed E-state index contributed by atoms with van der Waals surface area (Å²) >= 11 is 1.59. The lowest BCUT2D eigenvalue weighted by Crippen LogP contribution is -2.04. The average Bonchev–Trinajstić information content (AvgIpc) is 2.95. The SMILES string of the molecule is COCCOc1ccc(NCc2cc(C#N)cs2)cc1. The van der Waals surface area contributed by atoms with Crippen LogP contribution in [0.4, 0.5) is 5.69 Å². The number of hydrogen-bond donors (Lipinski definition) is 1. The molecule has 0 amide bonds. The molecule has 0 saturated heterocycles. The number of nitrogens with zero attached hydrogens (tertiary/aromatic N) is 1. The minimum absolute atomic E-state index is 0.551. The van der Waals surface area contributed by atoms with Crippen LogP contribution in [0.3, 0.4) is 0 Å². The molecule has 2 aromatic rings. The van der Waals surface area contributed by atoms with Gasteiger partial charge in [0.2, 0.25) is 0 Å². The summed E-state index contributed by atoms with van der Waals surface area (Å²) < 4.78 is 10.4. The molecule has 0 aliphatic carbocycles. The van der Waals surface area contributed by atoms with Gasteiger partial charge in [0.25, 0.3) is 0 Å². The first kappa shape index (κ1) is 14.4. The fourth-order valence-corrected chi connectivity index (χ4v) is 2.38. The predicted molar refractivity (Wildman–Crippen MR) is 80.2 cm³/mol. The predicted octanol–water partition coefficient (Wildman–Crippen LogP) is 3.26. The van der Waals surface area contributed by atoms with Gasteiger partial charge in [0, 0.05) is 29.6 Å². The highest BCUT2D eigenvalue weighted by atomic mass is 32.1. The minimum Gasteiger partial charge on any atom is -0.491 e. The number of methoxy groups -OCH3 is 1. The Labute approximate surface area is 122 Å². The zero-order chi connectivity index (χ0) is 14.2. The number of nitriles is 1. The Morgan fingerprint density at radius 2 is 2.05 bits per heavy atom. The van der Waals surface area contributed by atoms with Crippen molar-refractivity contribution in [3.8, 4) is 11.8 Å². The summed E-state index contributed by atoms with van der Waals surface area (Å²) in [6.45, 7) is 1.85. The van der Waals surface area contributed by atoms with Crippen molar-refractivity contribution < 1.29 is 9.47 Å². The van der Waals surface area contributed by atoms with Crippen LogP contribution in [0, 0.1) is 11.3 Å². The van der Waals surface area contributed by atoms with Gasteiger partial charge in [0.05, 0.1) is 12.2 Å². The monoisotopic (exact) mass is 288 g/mol. The van der Waals surface area contributed by atoms with Crippen molar-refractivity contribution in [2.75, 3.05) is 25.6 Å². The summed E-state index contributed by atoms with van der Waals surface area (Å²) in [7, 11) is 1.65. The fraction of sp³-hybridized carbons (Fsp3) is 0.267. The van der Waals surface area contributed by atoms with Crippen molar-refractivity contribution in [2.24, 2.45) is 0 Å². The molecule has 0 unspecified atom stereocenters. The van der Waals surface area contributed by atoms with E-state index in [1.165, 1.54) is 0 Å². The molecule has 0 aliphatic rings. The van der Waals surface area contributed by atoms with Gasteiger partial charge in [-0.1, -0.05) is 0 Å². The van der Waals surface area contributed by atoms with Gasteiger partial charge in [-0.2, -0.15) is 5.26 Å². The molecular weight excluding hydrogens is 272 g/mol. The van der Waals surface area contributed by atoms with Crippen molar-refractivity contribution in [3.05, 3.63) is 46.2 Å². The van der Waals surface area contributed by atoms with Crippen LogP contribution in [0.1, 0.15) is 10.4 Å². The van der Waals surface area contributed by atoms with E-state index < -0.39 is 0 Å². The molecule has 0 bridgehead atoms. The van der Waals surface area contributed by atoms with Crippen LogP contribution in [0.5, 0.6) is 5.75 Å². The molecule has 104 valence electrons. The van der Waals surface area contributed by atoms with Gasteiger partial charge < -0.3 is 14.8 Å². The normalized spacial score (nSPS) is 10.0. The molecule has 0 fully saturated rings. The molecule has 0 aliphatic heterocycles. The van der Waals surface area contributed by atoms with Gasteiger partial charge >= 0.3 is 0 Å². The van der Waals surface area contributed by atoms with Crippen LogP contribution >= 0.6 is 11.3 Å². The lowest BCUT2D eigenvalue weighted by atomic mass is 10.3. The van der Waals surface area contributed by atoms with Gasteiger partial charge in [-0.25, -0.2) is 0 Å². The first-order valence-electron chi connectivity index (χ1n) is 6.25. The van der Waals surface area contributed by atoms with E-state index in [4.69, 9.17) is 14.7 Å². The summed E-state index contributed by atoms with van der Waals surface area (Å²) in [6, 6.07) is 11.8. The third-order valence-electron chi connectivity index (χ3n) is 2.66. The Hall–Kier alpha value is -2.03. The molecule has 4 nitrogen and oxygen atoms in total. The number of benzene rings is 1. The number of ether oxygens (including phenoxy) is 2. The molecule has 0 saturated carbocycles. The van der Waals surface area contributed by atoms with Crippen LogP contribution < -0.4 is 10.1 Å². The van der Waals surface area contributed by atoms with Gasteiger partial charge in [-0.15, -0.1) is 11.3 Å². The third kappa shape index (κ3) is 4.26. The Morgan fingerprint density at radius 3 is 2.70 bits per heavy atom. The van der Waals surface area contributed by atoms with E-state index in [2.05, 4.69) is 11.4 Å². The molecule has 2 rings (SSSR count). The molecule has 1 aromatic carbocycles. The first-order valence-corrected chi connectivity index (χ1v) is 7.13. The van der Waals surface area contributed by atoms with E-state index in [0.29, 0.717) is 18.8 Å². The lowest BCUT2D eigenvalue weighted by molar-refractivity contribution is 0.146. The van der Waals surface area contributed by atoms with E-state index in [1.807, 2.05) is 35.7 Å². The minimum atomic E-state index is 0.551. The van der Waals surface area contributed by atoms with E-state index in [1.54, 1.807) is 18.4 Å². The Balaban J connectivity index is 1.83. The van der Waals surface area contributed by atoms with Crippen molar-refractivity contribution in [2.45, 2.75) is 6.54 Å². The highest BCUT2D eigenvalue weighted by Gasteiger charge is 2.00. The van der Waals surface area contributed by atoms with E-state index >= 15 is 0 Å². The molecule has 1 heterocycles. The van der Waals surface area contributed by atoms with E-state index in [9.17, 15) is 0 Å². The number of rotatable bonds is 7. The summed E-state index contributed by atoms with van der Waals surface area (Å²) in [4.78, 5) is 1.14. The second-order valence-corrected chi connectivity index (χ2v) is 5.13. The summed E-state index contributed by atoms with van der Waals surface area (Å²) in [5, 5.41) is 13.9. The van der Waals surface area contributed by atoms with Crippen molar-refractivity contribution in [3.63, 3.8) is 0 Å². The lowest BCUT2D eigenvalue weighted by Gasteiger charge is -2.08. The van der Waals surface area contributed by atoms with Gasteiger partial charge in [-0.3, -0.25) is 0 Å². The van der Waals surface area contributed by atoms with Crippen LogP contribution in [0.15, 0.2) is 35.7 Å². The first-order chi connectivity index (χ1) is 9.81. The zero-order valence-electron chi connectivity index (χ0n) is 11.3. The highest BCUT2D eigenvalue weighted by molar-refractivity contribution is 7.10. The number of anilines is 1. The van der Waals surface area contributed by atoms with Crippen molar-refractivity contribution in [1.82, 2.24) is 0 Å². The largest absolute Gasteiger partial charge is 0.491 e. The maximum Gasteiger partial charge on any atom is 0.119 e. The summed E-state index contributed by atoms with van der Waals surface area (Å²) in [5.74, 6) is 0.829. The molecule has 0 spiro atoms. The quantitative estimate of drug-likeness (QED) is 0.795. The molecule has 1 aromatic heterocycles. The molecule has 0 radical (unpaired) electrons. The van der Waals surface area contributed by atoms with Crippen LogP contribution in [-0.4, -0.2) is 20.3 Å². The zero-order valence-corrected chi connectivity index (χ0v) is 12.1. The van der Waals surface area contributed by atoms with Gasteiger partial charge in [0.15, 0.2) is 0 Å². The van der Waals surface area contributed by atoms with Gasteiger partial charge in [0.1, 0.15) is 18.4 Å². The van der Waals surface area contributed by atoms with Crippen molar-refractivity contribution in [1.29, 1.82) is 5.26 Å². The Bertz CT molecular complexity index is 572. The summed E-state index contributed by atoms with van der Waals surface area (Å²) in [5.41, 5.74) is 1.74. The topological polar surface area (TPSA) is 54.3 Å². The second kappa shape index (κ2) is 7.53. The Morgan fingerprint density at radius 1 is 1.25 bits per heavy atom. The maximum atomic E-state index is 8.77. The summed E-state index contributed by atoms with van der Waals surface area (Å²) in [6.07, 6.45) is 0. The maximum absolute atomic E-state index is 8.77. The van der Waals surface area contributed by atoms with E-state index in [0.717, 1.165) is 22.9 Å². The van der Waals surface area contributed by atoms with Crippen LogP contribution in [-0.2, 0) is 11.3 Å². The standard InChI is InChI=1S/C15H16N2O2S/c1-18-6-7-19-14-4-2-13(3-5-14)17-10-15-8-12(9-16)11-20-15/h2-5,8,11,17H,6-7,10H2,1H3. The fourth-order valence-electron chi connectivity index (χ4n) is 1.63. The molecular formula is C15H16N2O2S. The highest BCUT2D eigenvalue weighted by Crippen LogP contribution is 2.18. The molecule has 20 heavy (non-hydrogen) atoms.